The lowest BCUT2D eigenvalue weighted by Gasteiger charge is -2.28. The average molecular weight is 262 g/mol. The number of hydrogen-bond donors (Lipinski definition) is 2. The molecule has 1 aromatic rings. The van der Waals surface area contributed by atoms with E-state index in [1.807, 2.05) is 37.3 Å². The van der Waals surface area contributed by atoms with Gasteiger partial charge in [-0.25, -0.2) is 0 Å². The van der Waals surface area contributed by atoms with Gasteiger partial charge < -0.3 is 15.7 Å². The van der Waals surface area contributed by atoms with Crippen molar-refractivity contribution >= 4 is 5.91 Å². The number of nitrogens with two attached hydrogens (primary N) is 1. The van der Waals surface area contributed by atoms with Crippen molar-refractivity contribution in [3.63, 3.8) is 0 Å². The van der Waals surface area contributed by atoms with E-state index < -0.39 is 0 Å². The van der Waals surface area contributed by atoms with E-state index in [-0.39, 0.29) is 24.5 Å². The highest BCUT2D eigenvalue weighted by Crippen LogP contribution is 2.30. The van der Waals surface area contributed by atoms with Crippen LogP contribution in [0.2, 0.25) is 0 Å². The highest BCUT2D eigenvalue weighted by molar-refractivity contribution is 5.80. The summed E-state index contributed by atoms with van der Waals surface area (Å²) in [5, 5.41) is 9.07. The Morgan fingerprint density at radius 2 is 2.05 bits per heavy atom. The maximum absolute atomic E-state index is 12.5. The molecule has 0 bridgehead atoms. The summed E-state index contributed by atoms with van der Waals surface area (Å²) in [5.41, 5.74) is 7.16. The van der Waals surface area contributed by atoms with E-state index in [9.17, 15) is 4.79 Å². The smallest absolute Gasteiger partial charge is 0.227 e. The molecule has 0 radical (unpaired) electrons. The minimum Gasteiger partial charge on any atom is -0.395 e. The lowest BCUT2D eigenvalue weighted by atomic mass is 9.94. The zero-order valence-corrected chi connectivity index (χ0v) is 11.3. The quantitative estimate of drug-likeness (QED) is 0.812. The largest absolute Gasteiger partial charge is 0.395 e. The topological polar surface area (TPSA) is 66.6 Å². The van der Waals surface area contributed by atoms with Crippen LogP contribution >= 0.6 is 0 Å². The number of amides is 1. The first-order chi connectivity index (χ1) is 9.15. The molecule has 2 atom stereocenters. The molecule has 0 saturated heterocycles. The van der Waals surface area contributed by atoms with Gasteiger partial charge in [0.15, 0.2) is 0 Å². The van der Waals surface area contributed by atoms with Gasteiger partial charge in [-0.15, -0.1) is 0 Å². The fraction of sp³-hybridized carbons (Fsp3) is 0.533. The van der Waals surface area contributed by atoms with Gasteiger partial charge in [0.05, 0.1) is 12.5 Å². The number of carbonyl (C=O) groups is 1. The Morgan fingerprint density at radius 3 is 2.58 bits per heavy atom. The predicted octanol–water partition coefficient (Wildman–Crippen LogP) is 1.31. The zero-order valence-electron chi connectivity index (χ0n) is 11.3. The second kappa shape index (κ2) is 6.17. The summed E-state index contributed by atoms with van der Waals surface area (Å²) in [4.78, 5) is 14.2. The summed E-state index contributed by atoms with van der Waals surface area (Å²) in [6.45, 7) is 2.29. The van der Waals surface area contributed by atoms with Crippen LogP contribution in [0.4, 0.5) is 0 Å². The minimum absolute atomic E-state index is 0.00946. The van der Waals surface area contributed by atoms with Gasteiger partial charge in [-0.3, -0.25) is 4.79 Å². The predicted molar refractivity (Wildman–Crippen MR) is 74.4 cm³/mol. The van der Waals surface area contributed by atoms with Crippen LogP contribution in [-0.2, 0) is 4.79 Å². The summed E-state index contributed by atoms with van der Waals surface area (Å²) in [6.07, 6.45) is 2.08. The van der Waals surface area contributed by atoms with Crippen LogP contribution in [-0.4, -0.2) is 35.1 Å². The van der Waals surface area contributed by atoms with Crippen molar-refractivity contribution < 1.29 is 9.90 Å². The third-order valence-corrected chi connectivity index (χ3v) is 3.72. The Morgan fingerprint density at radius 1 is 1.42 bits per heavy atom. The van der Waals surface area contributed by atoms with E-state index in [2.05, 4.69) is 0 Å². The first kappa shape index (κ1) is 14.0. The molecule has 0 aromatic heterocycles. The molecule has 1 aliphatic carbocycles. The number of carbonyl (C=O) groups excluding carboxylic acids is 1. The van der Waals surface area contributed by atoms with Crippen molar-refractivity contribution in [3.8, 4) is 0 Å². The molecule has 104 valence electrons. The Balaban J connectivity index is 2.05. The first-order valence-electron chi connectivity index (χ1n) is 6.87. The first-order valence-corrected chi connectivity index (χ1v) is 6.87. The number of aliphatic hydroxyl groups excluding tert-OH is 1. The van der Waals surface area contributed by atoms with Crippen molar-refractivity contribution in [2.24, 2.45) is 11.7 Å². The van der Waals surface area contributed by atoms with E-state index >= 15 is 0 Å². The molecular formula is C15H22N2O2. The van der Waals surface area contributed by atoms with E-state index in [1.54, 1.807) is 4.90 Å². The molecule has 1 amide bonds. The SMILES string of the molecule is CC(C(=O)N(CCO)C1CC1)C(N)c1ccccc1. The van der Waals surface area contributed by atoms with Crippen molar-refractivity contribution in [1.82, 2.24) is 4.90 Å². The molecule has 1 fully saturated rings. The van der Waals surface area contributed by atoms with Gasteiger partial charge in [0.1, 0.15) is 0 Å². The normalized spacial score (nSPS) is 17.8. The fourth-order valence-electron chi connectivity index (χ4n) is 2.35. The molecule has 1 saturated carbocycles. The maximum atomic E-state index is 12.5. The molecule has 3 N–H and O–H groups in total. The molecule has 1 aromatic carbocycles. The van der Waals surface area contributed by atoms with Crippen LogP contribution in [0.1, 0.15) is 31.4 Å². The van der Waals surface area contributed by atoms with E-state index in [0.717, 1.165) is 18.4 Å². The van der Waals surface area contributed by atoms with Gasteiger partial charge in [0.2, 0.25) is 5.91 Å². The highest BCUT2D eigenvalue weighted by Gasteiger charge is 2.35. The average Bonchev–Trinajstić information content (AvgIpc) is 3.28. The van der Waals surface area contributed by atoms with Gasteiger partial charge in [0, 0.05) is 18.6 Å². The molecule has 4 nitrogen and oxygen atoms in total. The summed E-state index contributed by atoms with van der Waals surface area (Å²) in [7, 11) is 0. The van der Waals surface area contributed by atoms with Gasteiger partial charge in [-0.2, -0.15) is 0 Å². The van der Waals surface area contributed by atoms with Crippen LogP contribution in [0.15, 0.2) is 30.3 Å². The van der Waals surface area contributed by atoms with Gasteiger partial charge in [-0.05, 0) is 18.4 Å². The van der Waals surface area contributed by atoms with Crippen molar-refractivity contribution in [2.75, 3.05) is 13.2 Å². The number of aliphatic hydroxyl groups is 1. The lowest BCUT2D eigenvalue weighted by Crippen LogP contribution is -2.42. The van der Waals surface area contributed by atoms with Crippen LogP contribution in [0.25, 0.3) is 0 Å². The molecule has 4 heteroatoms. The van der Waals surface area contributed by atoms with Gasteiger partial charge >= 0.3 is 0 Å². The molecule has 1 aliphatic rings. The van der Waals surface area contributed by atoms with Crippen LogP contribution in [0.3, 0.4) is 0 Å². The molecule has 19 heavy (non-hydrogen) atoms. The van der Waals surface area contributed by atoms with Crippen molar-refractivity contribution in [1.29, 1.82) is 0 Å². The molecule has 2 rings (SSSR count). The fourth-order valence-corrected chi connectivity index (χ4v) is 2.35. The van der Waals surface area contributed by atoms with Gasteiger partial charge in [-0.1, -0.05) is 37.3 Å². The Hall–Kier alpha value is -1.39. The second-order valence-corrected chi connectivity index (χ2v) is 5.21. The summed E-state index contributed by atoms with van der Waals surface area (Å²) in [5.74, 6) is -0.220. The Labute approximate surface area is 114 Å². The van der Waals surface area contributed by atoms with E-state index in [4.69, 9.17) is 10.8 Å². The van der Waals surface area contributed by atoms with Crippen LogP contribution < -0.4 is 5.73 Å². The number of nitrogens with zero attached hydrogens (tertiary/aromatic N) is 1. The third kappa shape index (κ3) is 3.33. The Kier molecular flexibility index (Phi) is 4.56. The standard InChI is InChI=1S/C15H22N2O2/c1-11(14(16)12-5-3-2-4-6-12)15(19)17(9-10-18)13-7-8-13/h2-6,11,13-14,18H,7-10,16H2,1H3. The molecule has 2 unspecified atom stereocenters. The minimum atomic E-state index is -0.298. The van der Waals surface area contributed by atoms with Crippen LogP contribution in [0, 0.1) is 5.92 Å². The second-order valence-electron chi connectivity index (χ2n) is 5.21. The molecule has 0 aliphatic heterocycles. The van der Waals surface area contributed by atoms with Crippen molar-refractivity contribution in [3.05, 3.63) is 35.9 Å². The van der Waals surface area contributed by atoms with Crippen molar-refractivity contribution in [2.45, 2.75) is 31.8 Å². The zero-order chi connectivity index (χ0) is 13.8. The number of rotatable bonds is 6. The molecular weight excluding hydrogens is 240 g/mol. The highest BCUT2D eigenvalue weighted by atomic mass is 16.3. The number of hydrogen-bond acceptors (Lipinski definition) is 3. The molecule has 0 heterocycles. The third-order valence-electron chi connectivity index (χ3n) is 3.72. The number of benzene rings is 1. The molecule has 0 spiro atoms. The Bertz CT molecular complexity index is 417. The van der Waals surface area contributed by atoms with E-state index in [1.165, 1.54) is 0 Å². The maximum Gasteiger partial charge on any atom is 0.227 e. The summed E-state index contributed by atoms with van der Waals surface area (Å²) < 4.78 is 0. The lowest BCUT2D eigenvalue weighted by molar-refractivity contribution is -0.136. The van der Waals surface area contributed by atoms with Crippen LogP contribution in [0.5, 0.6) is 0 Å². The van der Waals surface area contributed by atoms with E-state index in [0.29, 0.717) is 12.6 Å². The summed E-state index contributed by atoms with van der Waals surface area (Å²) in [6, 6.07) is 9.70. The van der Waals surface area contributed by atoms with Gasteiger partial charge in [0.25, 0.3) is 0 Å². The summed E-state index contributed by atoms with van der Waals surface area (Å²) >= 11 is 0. The monoisotopic (exact) mass is 262 g/mol.